The molecule has 0 saturated carbocycles. The number of carbonyl (C=O) groups is 1. The van der Waals surface area contributed by atoms with Crippen molar-refractivity contribution in [2.45, 2.75) is 53.0 Å². The van der Waals surface area contributed by atoms with E-state index in [1.165, 1.54) is 11.3 Å². The molecule has 1 amide bonds. The quantitative estimate of drug-likeness (QED) is 0.585. The zero-order valence-electron chi connectivity index (χ0n) is 18.4. The number of hydrogen-bond donors (Lipinski definition) is 0. The Morgan fingerprint density at radius 3 is 2.42 bits per heavy atom. The maximum absolute atomic E-state index is 13.5. The Balaban J connectivity index is 1.73. The molecule has 1 aliphatic heterocycles. The van der Waals surface area contributed by atoms with Crippen LogP contribution in [0.3, 0.4) is 0 Å². The van der Waals surface area contributed by atoms with Crippen LogP contribution in [0.15, 0.2) is 29.1 Å². The van der Waals surface area contributed by atoms with Crippen LogP contribution < -0.4 is 10.3 Å². The Morgan fingerprint density at radius 2 is 1.77 bits per heavy atom. The average molecular weight is 440 g/mol. The Morgan fingerprint density at radius 1 is 1.10 bits per heavy atom. The van der Waals surface area contributed by atoms with Gasteiger partial charge < -0.3 is 9.64 Å². The van der Waals surface area contributed by atoms with Gasteiger partial charge in [0.15, 0.2) is 0 Å². The average Bonchev–Trinajstić information content (AvgIpc) is 2.92. The van der Waals surface area contributed by atoms with E-state index in [1.807, 2.05) is 49.9 Å². The third-order valence-corrected chi connectivity index (χ3v) is 6.88. The lowest BCUT2D eigenvalue weighted by atomic mass is 10.0. The molecular formula is C24H29N3O3S. The molecular weight excluding hydrogens is 410 g/mol. The van der Waals surface area contributed by atoms with Crippen molar-refractivity contribution in [1.82, 2.24) is 14.5 Å². The molecule has 164 valence electrons. The van der Waals surface area contributed by atoms with Gasteiger partial charge in [-0.1, -0.05) is 25.0 Å². The topological polar surface area (TPSA) is 64.4 Å². The van der Waals surface area contributed by atoms with Crippen molar-refractivity contribution < 1.29 is 9.53 Å². The third kappa shape index (κ3) is 4.37. The minimum Gasteiger partial charge on any atom is -0.494 e. The summed E-state index contributed by atoms with van der Waals surface area (Å²) in [5, 5.41) is 0.598. The maximum Gasteiger partial charge on any atom is 0.263 e. The minimum absolute atomic E-state index is 0.00261. The van der Waals surface area contributed by atoms with Crippen LogP contribution in [-0.4, -0.2) is 40.1 Å². The van der Waals surface area contributed by atoms with Crippen molar-refractivity contribution in [2.75, 3.05) is 19.7 Å². The Kier molecular flexibility index (Phi) is 6.41. The largest absolute Gasteiger partial charge is 0.494 e. The normalized spacial score (nSPS) is 14.6. The minimum atomic E-state index is -0.140. The summed E-state index contributed by atoms with van der Waals surface area (Å²) in [5.74, 6) is 1.39. The SMILES string of the molecule is CCOc1ccc(-c2c(C)sc3nc(C)n(CC(=O)N4CCCCCC4)c(=O)c23)cc1. The van der Waals surface area contributed by atoms with Crippen LogP contribution in [0.5, 0.6) is 5.75 Å². The van der Waals surface area contributed by atoms with E-state index >= 15 is 0 Å². The van der Waals surface area contributed by atoms with Gasteiger partial charge in [-0.15, -0.1) is 11.3 Å². The smallest absolute Gasteiger partial charge is 0.263 e. The van der Waals surface area contributed by atoms with E-state index < -0.39 is 0 Å². The van der Waals surface area contributed by atoms with Crippen molar-refractivity contribution in [3.63, 3.8) is 0 Å². The first-order chi connectivity index (χ1) is 15.0. The molecule has 0 atom stereocenters. The number of aryl methyl sites for hydroxylation is 2. The second-order valence-corrected chi connectivity index (χ2v) is 9.22. The second-order valence-electron chi connectivity index (χ2n) is 8.02. The number of rotatable bonds is 5. The zero-order valence-corrected chi connectivity index (χ0v) is 19.3. The molecule has 0 unspecified atom stereocenters. The summed E-state index contributed by atoms with van der Waals surface area (Å²) in [5.41, 5.74) is 1.72. The molecule has 7 heteroatoms. The first kappa shape index (κ1) is 21.6. The second kappa shape index (κ2) is 9.22. The molecule has 6 nitrogen and oxygen atoms in total. The molecule has 1 aromatic carbocycles. The molecule has 4 rings (SSSR count). The fourth-order valence-corrected chi connectivity index (χ4v) is 5.35. The molecule has 0 N–H and O–H groups in total. The van der Waals surface area contributed by atoms with E-state index in [2.05, 4.69) is 0 Å². The molecule has 2 aromatic heterocycles. The van der Waals surface area contributed by atoms with Gasteiger partial charge in [-0.05, 0) is 51.3 Å². The van der Waals surface area contributed by atoms with Gasteiger partial charge in [-0.3, -0.25) is 14.2 Å². The molecule has 3 aromatic rings. The van der Waals surface area contributed by atoms with Crippen LogP contribution in [0.1, 0.15) is 43.3 Å². The van der Waals surface area contributed by atoms with E-state index in [9.17, 15) is 9.59 Å². The number of amides is 1. The Hall–Kier alpha value is -2.67. The van der Waals surface area contributed by atoms with Crippen LogP contribution in [0, 0.1) is 13.8 Å². The fourth-order valence-electron chi connectivity index (χ4n) is 4.27. The number of aromatic nitrogens is 2. The van der Waals surface area contributed by atoms with Gasteiger partial charge in [-0.2, -0.15) is 0 Å². The summed E-state index contributed by atoms with van der Waals surface area (Å²) in [6.45, 7) is 7.98. The first-order valence-corrected chi connectivity index (χ1v) is 11.8. The van der Waals surface area contributed by atoms with Crippen LogP contribution in [0.25, 0.3) is 21.3 Å². The highest BCUT2D eigenvalue weighted by molar-refractivity contribution is 7.19. The van der Waals surface area contributed by atoms with Crippen LogP contribution in [0.4, 0.5) is 0 Å². The van der Waals surface area contributed by atoms with Gasteiger partial charge >= 0.3 is 0 Å². The molecule has 0 bridgehead atoms. The number of hydrogen-bond acceptors (Lipinski definition) is 5. The van der Waals surface area contributed by atoms with E-state index in [0.717, 1.165) is 65.4 Å². The van der Waals surface area contributed by atoms with Gasteiger partial charge in [0.2, 0.25) is 5.91 Å². The monoisotopic (exact) mass is 439 g/mol. The summed E-state index contributed by atoms with van der Waals surface area (Å²) in [4.78, 5) is 34.9. The number of benzene rings is 1. The molecule has 0 aliphatic carbocycles. The lowest BCUT2D eigenvalue weighted by molar-refractivity contribution is -0.131. The molecule has 1 saturated heterocycles. The number of ether oxygens (including phenoxy) is 1. The molecule has 1 aliphatic rings. The first-order valence-electron chi connectivity index (χ1n) is 11.0. The predicted octanol–water partition coefficient (Wildman–Crippen LogP) is 4.54. The van der Waals surface area contributed by atoms with Gasteiger partial charge in [0.05, 0.1) is 12.0 Å². The summed E-state index contributed by atoms with van der Waals surface area (Å²) >= 11 is 1.52. The molecule has 0 radical (unpaired) electrons. The Bertz CT molecular complexity index is 1140. The number of carbonyl (C=O) groups excluding carboxylic acids is 1. The van der Waals surface area contributed by atoms with Gasteiger partial charge in [-0.25, -0.2) is 4.98 Å². The molecule has 3 heterocycles. The number of likely N-dealkylation sites (tertiary alicyclic amines) is 1. The van der Waals surface area contributed by atoms with Crippen LogP contribution in [-0.2, 0) is 11.3 Å². The third-order valence-electron chi connectivity index (χ3n) is 5.88. The highest BCUT2D eigenvalue weighted by Gasteiger charge is 2.22. The summed E-state index contributed by atoms with van der Waals surface area (Å²) in [7, 11) is 0. The van der Waals surface area contributed by atoms with Crippen molar-refractivity contribution >= 4 is 27.5 Å². The van der Waals surface area contributed by atoms with E-state index in [0.29, 0.717) is 17.8 Å². The van der Waals surface area contributed by atoms with E-state index in [4.69, 9.17) is 9.72 Å². The lowest BCUT2D eigenvalue weighted by Gasteiger charge is -2.21. The van der Waals surface area contributed by atoms with E-state index in [1.54, 1.807) is 4.57 Å². The molecule has 31 heavy (non-hydrogen) atoms. The highest BCUT2D eigenvalue weighted by atomic mass is 32.1. The number of thiophene rings is 1. The van der Waals surface area contributed by atoms with Gasteiger partial charge in [0.1, 0.15) is 22.9 Å². The van der Waals surface area contributed by atoms with Crippen molar-refractivity contribution in [3.8, 4) is 16.9 Å². The number of fused-ring (bicyclic) bond motifs is 1. The zero-order chi connectivity index (χ0) is 22.0. The van der Waals surface area contributed by atoms with Crippen molar-refractivity contribution in [3.05, 3.63) is 45.3 Å². The fraction of sp³-hybridized carbons (Fsp3) is 0.458. The van der Waals surface area contributed by atoms with Crippen molar-refractivity contribution in [2.24, 2.45) is 0 Å². The van der Waals surface area contributed by atoms with Crippen LogP contribution in [0.2, 0.25) is 0 Å². The molecule has 1 fully saturated rings. The predicted molar refractivity (Wildman–Crippen MR) is 125 cm³/mol. The summed E-state index contributed by atoms with van der Waals surface area (Å²) < 4.78 is 7.09. The highest BCUT2D eigenvalue weighted by Crippen LogP contribution is 2.36. The summed E-state index contributed by atoms with van der Waals surface area (Å²) in [6, 6.07) is 7.80. The summed E-state index contributed by atoms with van der Waals surface area (Å²) in [6.07, 6.45) is 4.39. The molecule has 0 spiro atoms. The van der Waals surface area contributed by atoms with Gasteiger partial charge in [0, 0.05) is 23.5 Å². The number of nitrogens with zero attached hydrogens (tertiary/aromatic N) is 3. The van der Waals surface area contributed by atoms with Crippen LogP contribution >= 0.6 is 11.3 Å². The Labute approximate surface area is 186 Å². The van der Waals surface area contributed by atoms with Crippen molar-refractivity contribution in [1.29, 1.82) is 0 Å². The lowest BCUT2D eigenvalue weighted by Crippen LogP contribution is -2.38. The van der Waals surface area contributed by atoms with Gasteiger partial charge in [0.25, 0.3) is 5.56 Å². The maximum atomic E-state index is 13.5. The standard InChI is InChI=1S/C24H29N3O3S/c1-4-30-19-11-9-18(10-12-19)21-16(2)31-23-22(21)24(29)27(17(3)25-23)15-20(28)26-13-7-5-6-8-14-26/h9-12H,4-8,13-15H2,1-3H3. The van der Waals surface area contributed by atoms with E-state index in [-0.39, 0.29) is 18.0 Å².